The van der Waals surface area contributed by atoms with Gasteiger partial charge in [0.25, 0.3) is 0 Å². The van der Waals surface area contributed by atoms with Crippen LogP contribution >= 0.6 is 0 Å². The molecule has 28 heavy (non-hydrogen) atoms. The smallest absolute Gasteiger partial charge is 0.340 e. The SMILES string of the molecule is CCN1C[C@]23CCC=CC[C@]2(O)[C@@](COC(=O)c2ccccc2N)(CCC3)C1. The molecule has 1 aliphatic heterocycles. The highest BCUT2D eigenvalue weighted by atomic mass is 16.5. The first-order valence-corrected chi connectivity index (χ1v) is 10.6. The predicted octanol–water partition coefficient (Wildman–Crippen LogP) is 3.39. The number of allylic oxidation sites excluding steroid dienone is 1. The Morgan fingerprint density at radius 1 is 1.21 bits per heavy atom. The van der Waals surface area contributed by atoms with E-state index < -0.39 is 17.0 Å². The van der Waals surface area contributed by atoms with Gasteiger partial charge in [0.2, 0.25) is 0 Å². The number of nitrogens with two attached hydrogens (primary N) is 1. The van der Waals surface area contributed by atoms with Crippen molar-refractivity contribution in [2.75, 3.05) is 32.0 Å². The first-order chi connectivity index (χ1) is 13.5. The molecule has 0 radical (unpaired) electrons. The van der Waals surface area contributed by atoms with Crippen molar-refractivity contribution in [1.82, 2.24) is 4.90 Å². The third-order valence-corrected chi connectivity index (χ3v) is 7.59. The standard InChI is InChI=1S/C23H32N2O3/c1-2-25-15-21-11-6-3-7-14-23(21,27)22(16-25,13-8-12-21)17-28-20(26)18-9-4-5-10-19(18)24/h3-5,7,9-10,27H,2,6,8,11-17,24H2,1H3/t21-,22+,23-/m1/s1. The summed E-state index contributed by atoms with van der Waals surface area (Å²) in [6.07, 6.45) is 10.0. The van der Waals surface area contributed by atoms with Crippen molar-refractivity contribution >= 4 is 11.7 Å². The lowest BCUT2D eigenvalue weighted by Crippen LogP contribution is -2.73. The van der Waals surface area contributed by atoms with E-state index in [4.69, 9.17) is 10.5 Å². The normalized spacial score (nSPS) is 35.1. The molecule has 0 aromatic heterocycles. The number of likely N-dealkylation sites (tertiary alicyclic amines) is 1. The molecule has 0 amide bonds. The second-order valence-corrected chi connectivity index (χ2v) is 8.96. The maximum atomic E-state index is 12.7. The Labute approximate surface area is 167 Å². The lowest BCUT2D eigenvalue weighted by Gasteiger charge is -2.66. The maximum Gasteiger partial charge on any atom is 0.340 e. The number of nitrogen functional groups attached to an aromatic ring is 1. The summed E-state index contributed by atoms with van der Waals surface area (Å²) in [4.78, 5) is 15.2. The van der Waals surface area contributed by atoms with Crippen molar-refractivity contribution in [2.24, 2.45) is 10.8 Å². The van der Waals surface area contributed by atoms with Gasteiger partial charge in [0.05, 0.1) is 11.2 Å². The van der Waals surface area contributed by atoms with Gasteiger partial charge >= 0.3 is 5.97 Å². The van der Waals surface area contributed by atoms with Crippen LogP contribution in [-0.2, 0) is 4.74 Å². The summed E-state index contributed by atoms with van der Waals surface area (Å²) >= 11 is 0. The van der Waals surface area contributed by atoms with Crippen LogP contribution in [0.4, 0.5) is 5.69 Å². The molecule has 5 nitrogen and oxygen atoms in total. The molecule has 1 heterocycles. The minimum absolute atomic E-state index is 0.124. The molecule has 2 bridgehead atoms. The average molecular weight is 385 g/mol. The first-order valence-electron chi connectivity index (χ1n) is 10.6. The van der Waals surface area contributed by atoms with Crippen molar-refractivity contribution in [3.63, 3.8) is 0 Å². The van der Waals surface area contributed by atoms with Gasteiger partial charge in [-0.15, -0.1) is 0 Å². The fraction of sp³-hybridized carbons (Fsp3) is 0.609. The van der Waals surface area contributed by atoms with Crippen LogP contribution in [0.3, 0.4) is 0 Å². The summed E-state index contributed by atoms with van der Waals surface area (Å²) in [5.74, 6) is -0.398. The molecular formula is C23H32N2O3. The molecule has 0 unspecified atom stereocenters. The zero-order valence-corrected chi connectivity index (χ0v) is 16.8. The van der Waals surface area contributed by atoms with Crippen molar-refractivity contribution in [2.45, 2.75) is 51.0 Å². The second-order valence-electron chi connectivity index (χ2n) is 8.96. The van der Waals surface area contributed by atoms with Crippen LogP contribution in [0.15, 0.2) is 36.4 Å². The van der Waals surface area contributed by atoms with E-state index in [0.717, 1.165) is 51.7 Å². The van der Waals surface area contributed by atoms with Gasteiger partial charge in [-0.1, -0.05) is 37.6 Å². The fourth-order valence-corrected chi connectivity index (χ4v) is 6.07. The summed E-state index contributed by atoms with van der Waals surface area (Å²) in [6.45, 7) is 5.07. The van der Waals surface area contributed by atoms with Crippen LogP contribution in [0.5, 0.6) is 0 Å². The summed E-state index contributed by atoms with van der Waals surface area (Å²) in [5.41, 5.74) is 5.39. The Morgan fingerprint density at radius 2 is 2.04 bits per heavy atom. The second kappa shape index (κ2) is 7.20. The number of hydrogen-bond acceptors (Lipinski definition) is 5. The zero-order valence-electron chi connectivity index (χ0n) is 16.8. The molecule has 1 aromatic carbocycles. The zero-order chi connectivity index (χ0) is 19.8. The van der Waals surface area contributed by atoms with E-state index in [2.05, 4.69) is 24.0 Å². The molecule has 4 rings (SSSR count). The van der Waals surface area contributed by atoms with E-state index in [-0.39, 0.29) is 12.0 Å². The largest absolute Gasteiger partial charge is 0.461 e. The number of aliphatic hydroxyl groups is 1. The Kier molecular flexibility index (Phi) is 5.00. The monoisotopic (exact) mass is 384 g/mol. The van der Waals surface area contributed by atoms with Gasteiger partial charge in [0, 0.05) is 29.6 Å². The molecule has 5 heteroatoms. The average Bonchev–Trinajstić information content (AvgIpc) is 2.85. The number of hydrogen-bond donors (Lipinski definition) is 2. The summed E-state index contributed by atoms with van der Waals surface area (Å²) in [5, 5.41) is 12.1. The lowest BCUT2D eigenvalue weighted by molar-refractivity contribution is -0.254. The molecule has 2 fully saturated rings. The van der Waals surface area contributed by atoms with Crippen molar-refractivity contribution in [3.05, 3.63) is 42.0 Å². The lowest BCUT2D eigenvalue weighted by atomic mass is 9.47. The van der Waals surface area contributed by atoms with Crippen molar-refractivity contribution < 1.29 is 14.6 Å². The van der Waals surface area contributed by atoms with Gasteiger partial charge in [-0.25, -0.2) is 4.79 Å². The van der Waals surface area contributed by atoms with Crippen LogP contribution in [0.25, 0.3) is 0 Å². The van der Waals surface area contributed by atoms with E-state index in [9.17, 15) is 9.90 Å². The minimum atomic E-state index is -0.834. The Morgan fingerprint density at radius 3 is 2.82 bits per heavy atom. The van der Waals surface area contributed by atoms with E-state index >= 15 is 0 Å². The van der Waals surface area contributed by atoms with Gasteiger partial charge in [-0.05, 0) is 50.8 Å². The highest BCUT2D eigenvalue weighted by Gasteiger charge is 2.67. The number of para-hydroxylation sites is 1. The Hall–Kier alpha value is -1.85. The number of carbonyl (C=O) groups is 1. The fourth-order valence-electron chi connectivity index (χ4n) is 6.07. The van der Waals surface area contributed by atoms with Crippen molar-refractivity contribution in [3.8, 4) is 0 Å². The Bertz CT molecular complexity index is 779. The van der Waals surface area contributed by atoms with Crippen LogP contribution < -0.4 is 5.73 Å². The molecule has 2 aliphatic carbocycles. The molecule has 0 spiro atoms. The number of esters is 1. The van der Waals surface area contributed by atoms with Crippen LogP contribution in [0.2, 0.25) is 0 Å². The Balaban J connectivity index is 1.65. The molecule has 1 aromatic rings. The van der Waals surface area contributed by atoms with Gasteiger partial charge in [-0.2, -0.15) is 0 Å². The van der Waals surface area contributed by atoms with E-state index in [1.165, 1.54) is 0 Å². The van der Waals surface area contributed by atoms with E-state index in [0.29, 0.717) is 17.7 Å². The van der Waals surface area contributed by atoms with Crippen LogP contribution in [-0.4, -0.2) is 47.8 Å². The maximum absolute atomic E-state index is 12.7. The highest BCUT2D eigenvalue weighted by molar-refractivity contribution is 5.94. The molecular weight excluding hydrogens is 352 g/mol. The third-order valence-electron chi connectivity index (χ3n) is 7.59. The summed E-state index contributed by atoms with van der Waals surface area (Å²) < 4.78 is 5.84. The molecule has 152 valence electrons. The van der Waals surface area contributed by atoms with Gasteiger partial charge < -0.3 is 20.5 Å². The minimum Gasteiger partial charge on any atom is -0.461 e. The summed E-state index contributed by atoms with van der Waals surface area (Å²) in [7, 11) is 0. The topological polar surface area (TPSA) is 75.8 Å². The number of nitrogens with zero attached hydrogens (tertiary/aromatic N) is 1. The number of anilines is 1. The van der Waals surface area contributed by atoms with E-state index in [1.54, 1.807) is 24.3 Å². The molecule has 3 N–H and O–H groups in total. The number of piperidine rings is 1. The number of benzene rings is 1. The van der Waals surface area contributed by atoms with Crippen LogP contribution in [0.1, 0.15) is 55.8 Å². The summed E-state index contributed by atoms with van der Waals surface area (Å²) in [6, 6.07) is 7.01. The molecule has 3 atom stereocenters. The molecule has 3 aliphatic rings. The first kappa shape index (κ1) is 19.5. The quantitative estimate of drug-likeness (QED) is 0.473. The third kappa shape index (κ3) is 2.87. The molecule has 1 saturated carbocycles. The molecule has 1 saturated heterocycles. The van der Waals surface area contributed by atoms with Gasteiger partial charge in [0.1, 0.15) is 6.61 Å². The van der Waals surface area contributed by atoms with Crippen molar-refractivity contribution in [1.29, 1.82) is 0 Å². The number of carbonyl (C=O) groups excluding carboxylic acids is 1. The number of rotatable bonds is 4. The predicted molar refractivity (Wildman–Crippen MR) is 110 cm³/mol. The highest BCUT2D eigenvalue weighted by Crippen LogP contribution is 2.62. The van der Waals surface area contributed by atoms with Gasteiger partial charge in [0.15, 0.2) is 0 Å². The number of ether oxygens (including phenoxy) is 1. The van der Waals surface area contributed by atoms with Crippen LogP contribution in [0, 0.1) is 10.8 Å². The van der Waals surface area contributed by atoms with E-state index in [1.807, 2.05) is 0 Å². The van der Waals surface area contributed by atoms with Gasteiger partial charge in [-0.3, -0.25) is 0 Å².